The van der Waals surface area contributed by atoms with Gasteiger partial charge in [-0.3, -0.25) is 19.6 Å². The third-order valence-electron chi connectivity index (χ3n) is 5.97. The molecule has 1 unspecified atom stereocenters. The van der Waals surface area contributed by atoms with E-state index in [1.807, 2.05) is 0 Å². The molecule has 1 amide bonds. The van der Waals surface area contributed by atoms with Crippen molar-refractivity contribution in [3.05, 3.63) is 81.8 Å². The molecule has 2 aromatic carbocycles. The average Bonchev–Trinajstić information content (AvgIpc) is 3.29. The molecule has 12 heteroatoms. The Hall–Kier alpha value is -4.79. The molecule has 0 bridgehead atoms. The minimum absolute atomic E-state index is 0.0981. The molecule has 1 heterocycles. The van der Waals surface area contributed by atoms with Gasteiger partial charge in [-0.1, -0.05) is 12.1 Å². The summed E-state index contributed by atoms with van der Waals surface area (Å²) in [6, 6.07) is 12.7. The SMILES string of the molecule is N#C[C@H]1C[C@@H](OC(=O)c2ccccc2[N+](=O)[O-])CCC1n1cc(C(N)=O)c(Nc2ccc(F)cc2)n1. The molecule has 3 N–H and O–H groups in total. The molecule has 1 fully saturated rings. The van der Waals surface area contributed by atoms with Gasteiger partial charge < -0.3 is 15.8 Å². The molecule has 1 aliphatic rings. The van der Waals surface area contributed by atoms with Gasteiger partial charge >= 0.3 is 5.97 Å². The summed E-state index contributed by atoms with van der Waals surface area (Å²) in [7, 11) is 0. The van der Waals surface area contributed by atoms with Gasteiger partial charge in [0, 0.05) is 24.4 Å². The number of esters is 1. The summed E-state index contributed by atoms with van der Waals surface area (Å²) in [5.74, 6) is -2.44. The highest BCUT2D eigenvalue weighted by Crippen LogP contribution is 2.36. The van der Waals surface area contributed by atoms with E-state index in [1.165, 1.54) is 59.4 Å². The number of nitrogens with two attached hydrogens (primary N) is 1. The van der Waals surface area contributed by atoms with Crippen molar-refractivity contribution in [2.45, 2.75) is 31.4 Å². The average molecular weight is 492 g/mol. The second kappa shape index (κ2) is 10.2. The lowest BCUT2D eigenvalue weighted by molar-refractivity contribution is -0.385. The van der Waals surface area contributed by atoms with E-state index in [0.29, 0.717) is 18.5 Å². The number of ether oxygens (including phenoxy) is 1. The van der Waals surface area contributed by atoms with E-state index in [4.69, 9.17) is 10.5 Å². The van der Waals surface area contributed by atoms with E-state index in [9.17, 15) is 29.4 Å². The zero-order chi connectivity index (χ0) is 25.8. The number of para-hydroxylation sites is 1. The molecule has 1 aromatic heterocycles. The Morgan fingerprint density at radius 1 is 1.19 bits per heavy atom. The molecule has 184 valence electrons. The molecule has 4 rings (SSSR count). The number of nitrogens with zero attached hydrogens (tertiary/aromatic N) is 4. The number of hydrogen-bond donors (Lipinski definition) is 2. The summed E-state index contributed by atoms with van der Waals surface area (Å²) in [4.78, 5) is 35.1. The van der Waals surface area contributed by atoms with E-state index >= 15 is 0 Å². The number of nitriles is 1. The number of anilines is 2. The zero-order valence-electron chi connectivity index (χ0n) is 18.8. The van der Waals surface area contributed by atoms with Gasteiger partial charge in [-0.25, -0.2) is 9.18 Å². The number of hydrogen-bond acceptors (Lipinski definition) is 8. The predicted octanol–water partition coefficient (Wildman–Crippen LogP) is 3.86. The van der Waals surface area contributed by atoms with Crippen LogP contribution in [0, 0.1) is 33.2 Å². The molecule has 0 saturated heterocycles. The number of nitrogens with one attached hydrogen (secondary N) is 1. The van der Waals surface area contributed by atoms with Crippen molar-refractivity contribution >= 4 is 29.1 Å². The van der Waals surface area contributed by atoms with Crippen LogP contribution < -0.4 is 11.1 Å². The fourth-order valence-electron chi connectivity index (χ4n) is 4.20. The van der Waals surface area contributed by atoms with Crippen LogP contribution in [0.5, 0.6) is 0 Å². The number of aromatic nitrogens is 2. The van der Waals surface area contributed by atoms with Crippen LogP contribution in [0.2, 0.25) is 0 Å². The van der Waals surface area contributed by atoms with Gasteiger partial charge in [0.05, 0.1) is 23.0 Å². The highest BCUT2D eigenvalue weighted by atomic mass is 19.1. The molecule has 36 heavy (non-hydrogen) atoms. The maximum Gasteiger partial charge on any atom is 0.345 e. The first-order valence-corrected chi connectivity index (χ1v) is 11.0. The molecule has 0 spiro atoms. The fraction of sp³-hybridized carbons (Fsp3) is 0.250. The van der Waals surface area contributed by atoms with Gasteiger partial charge in [-0.15, -0.1) is 0 Å². The highest BCUT2D eigenvalue weighted by molar-refractivity contribution is 5.98. The van der Waals surface area contributed by atoms with Crippen molar-refractivity contribution in [3.63, 3.8) is 0 Å². The van der Waals surface area contributed by atoms with Crippen LogP contribution >= 0.6 is 0 Å². The molecular formula is C24H21FN6O5. The van der Waals surface area contributed by atoms with Crippen molar-refractivity contribution in [2.75, 3.05) is 5.32 Å². The maximum absolute atomic E-state index is 13.2. The Morgan fingerprint density at radius 2 is 1.92 bits per heavy atom. The predicted molar refractivity (Wildman–Crippen MR) is 125 cm³/mol. The number of benzene rings is 2. The number of nitro benzene ring substituents is 1. The minimum Gasteiger partial charge on any atom is -0.459 e. The van der Waals surface area contributed by atoms with Crippen LogP contribution in [0.1, 0.15) is 46.0 Å². The Labute approximate surface area is 204 Å². The maximum atomic E-state index is 13.2. The quantitative estimate of drug-likeness (QED) is 0.285. The number of carbonyl (C=O) groups excluding carboxylic acids is 2. The lowest BCUT2D eigenvalue weighted by Gasteiger charge is -2.32. The van der Waals surface area contributed by atoms with Crippen molar-refractivity contribution in [1.29, 1.82) is 5.26 Å². The molecule has 1 saturated carbocycles. The summed E-state index contributed by atoms with van der Waals surface area (Å²) < 4.78 is 20.2. The lowest BCUT2D eigenvalue weighted by atomic mass is 9.83. The van der Waals surface area contributed by atoms with Crippen LogP contribution in [0.4, 0.5) is 21.6 Å². The molecule has 0 radical (unpaired) electrons. The van der Waals surface area contributed by atoms with Crippen LogP contribution in [-0.4, -0.2) is 32.7 Å². The number of carbonyl (C=O) groups is 2. The minimum atomic E-state index is -0.830. The van der Waals surface area contributed by atoms with E-state index in [0.717, 1.165) is 0 Å². The Balaban J connectivity index is 1.50. The first kappa shape index (κ1) is 24.3. The van der Waals surface area contributed by atoms with E-state index in [2.05, 4.69) is 16.5 Å². The van der Waals surface area contributed by atoms with Gasteiger partial charge in [0.15, 0.2) is 5.82 Å². The standard InChI is InChI=1S/C24H21FN6O5/c25-15-5-7-16(8-6-15)28-23-19(22(27)32)13-30(29-23)20-10-9-17(11-14(20)12-26)36-24(33)18-3-1-2-4-21(18)31(34)35/h1-8,13-14,17,20H,9-11H2,(H2,27,32)(H,28,29)/t14-,17+,20?/m1/s1. The smallest absolute Gasteiger partial charge is 0.345 e. The summed E-state index contributed by atoms with van der Waals surface area (Å²) >= 11 is 0. The number of rotatable bonds is 7. The largest absolute Gasteiger partial charge is 0.459 e. The topological polar surface area (TPSA) is 166 Å². The molecule has 3 atom stereocenters. The van der Waals surface area contributed by atoms with Crippen molar-refractivity contribution in [1.82, 2.24) is 9.78 Å². The van der Waals surface area contributed by atoms with E-state index in [1.54, 1.807) is 0 Å². The van der Waals surface area contributed by atoms with Crippen molar-refractivity contribution in [3.8, 4) is 6.07 Å². The molecule has 11 nitrogen and oxygen atoms in total. The van der Waals surface area contributed by atoms with Crippen molar-refractivity contribution in [2.24, 2.45) is 11.7 Å². The summed E-state index contributed by atoms with van der Waals surface area (Å²) in [5.41, 5.74) is 5.58. The Kier molecular flexibility index (Phi) is 6.91. The zero-order valence-corrected chi connectivity index (χ0v) is 18.8. The highest BCUT2D eigenvalue weighted by Gasteiger charge is 2.36. The summed E-state index contributed by atoms with van der Waals surface area (Å²) in [5, 5.41) is 28.4. The molecule has 3 aromatic rings. The van der Waals surface area contributed by atoms with Gasteiger partial charge in [0.25, 0.3) is 11.6 Å². The lowest BCUT2D eigenvalue weighted by Crippen LogP contribution is -2.32. The summed E-state index contributed by atoms with van der Waals surface area (Å²) in [6.45, 7) is 0. The first-order valence-electron chi connectivity index (χ1n) is 11.0. The third-order valence-corrected chi connectivity index (χ3v) is 5.97. The van der Waals surface area contributed by atoms with Gasteiger partial charge in [-0.2, -0.15) is 10.4 Å². The van der Waals surface area contributed by atoms with Crippen LogP contribution in [0.3, 0.4) is 0 Å². The number of halogens is 1. The van der Waals surface area contributed by atoms with Crippen molar-refractivity contribution < 1.29 is 23.6 Å². The molecular weight excluding hydrogens is 471 g/mol. The number of amides is 1. The second-order valence-electron chi connectivity index (χ2n) is 8.29. The third kappa shape index (κ3) is 5.15. The van der Waals surface area contributed by atoms with Gasteiger partial charge in [0.1, 0.15) is 23.0 Å². The Morgan fingerprint density at radius 3 is 2.58 bits per heavy atom. The fourth-order valence-corrected chi connectivity index (χ4v) is 4.20. The normalized spacial score (nSPS) is 19.2. The van der Waals surface area contributed by atoms with Gasteiger partial charge in [-0.05, 0) is 43.2 Å². The van der Waals surface area contributed by atoms with Crippen LogP contribution in [0.15, 0.2) is 54.7 Å². The molecule has 1 aliphatic carbocycles. The molecule has 0 aliphatic heterocycles. The second-order valence-corrected chi connectivity index (χ2v) is 8.29. The monoisotopic (exact) mass is 492 g/mol. The number of nitro groups is 1. The first-order chi connectivity index (χ1) is 17.3. The van der Waals surface area contributed by atoms with Crippen LogP contribution in [-0.2, 0) is 4.74 Å². The van der Waals surface area contributed by atoms with E-state index < -0.39 is 40.7 Å². The Bertz CT molecular complexity index is 1350. The summed E-state index contributed by atoms with van der Waals surface area (Å²) in [6.07, 6.45) is 1.77. The van der Waals surface area contributed by atoms with Crippen LogP contribution in [0.25, 0.3) is 0 Å². The van der Waals surface area contributed by atoms with E-state index in [-0.39, 0.29) is 29.1 Å². The number of primary amides is 1. The van der Waals surface area contributed by atoms with Gasteiger partial charge in [0.2, 0.25) is 0 Å².